The van der Waals surface area contributed by atoms with Crippen LogP contribution in [-0.4, -0.2) is 10.7 Å². The fourth-order valence-corrected chi connectivity index (χ4v) is 2.20. The van der Waals surface area contributed by atoms with E-state index in [1.807, 2.05) is 41.6 Å². The number of carbonyl (C=O) groups is 1. The van der Waals surface area contributed by atoms with E-state index >= 15 is 0 Å². The predicted molar refractivity (Wildman–Crippen MR) is 58.8 cm³/mol. The summed E-state index contributed by atoms with van der Waals surface area (Å²) in [7, 11) is 0. The highest BCUT2D eigenvalue weighted by Gasteiger charge is 2.29. The summed E-state index contributed by atoms with van der Waals surface area (Å²) in [6.45, 7) is 0. The van der Waals surface area contributed by atoms with Gasteiger partial charge in [0.2, 0.25) is 0 Å². The number of Topliss-reactive ketones (excluding diaryl/α,β-unsaturated/α-hetero) is 1. The van der Waals surface area contributed by atoms with Crippen LogP contribution in [-0.2, 0) is 4.79 Å². The van der Waals surface area contributed by atoms with Crippen LogP contribution >= 0.6 is 0 Å². The van der Waals surface area contributed by atoms with Crippen molar-refractivity contribution >= 4 is 11.9 Å². The van der Waals surface area contributed by atoms with E-state index < -0.39 is 0 Å². The second-order valence-corrected chi connectivity index (χ2v) is 3.85. The highest BCUT2D eigenvalue weighted by atomic mass is 16.1. The average molecular weight is 197 g/mol. The van der Waals surface area contributed by atoms with E-state index in [-0.39, 0.29) is 11.8 Å². The number of allylic oxidation sites excluding steroid dienone is 1. The Morgan fingerprint density at radius 1 is 1.20 bits per heavy atom. The van der Waals surface area contributed by atoms with Gasteiger partial charge in [-0.1, -0.05) is 30.3 Å². The molecule has 0 bridgehead atoms. The SMILES string of the molecule is O=C1CC=CN2C=Cc3ccccc3C12. The van der Waals surface area contributed by atoms with Gasteiger partial charge in [0.1, 0.15) is 6.04 Å². The van der Waals surface area contributed by atoms with Crippen LogP contribution in [0.2, 0.25) is 0 Å². The molecular weight excluding hydrogens is 186 g/mol. The molecule has 0 N–H and O–H groups in total. The van der Waals surface area contributed by atoms with E-state index in [4.69, 9.17) is 0 Å². The monoisotopic (exact) mass is 197 g/mol. The predicted octanol–water partition coefficient (Wildman–Crippen LogP) is 2.50. The highest BCUT2D eigenvalue weighted by Crippen LogP contribution is 2.33. The van der Waals surface area contributed by atoms with Crippen LogP contribution in [0, 0.1) is 0 Å². The first-order chi connectivity index (χ1) is 7.36. The van der Waals surface area contributed by atoms with Crippen LogP contribution in [0.25, 0.3) is 6.08 Å². The minimum Gasteiger partial charge on any atom is -0.340 e. The topological polar surface area (TPSA) is 20.3 Å². The maximum atomic E-state index is 11.9. The van der Waals surface area contributed by atoms with Crippen molar-refractivity contribution in [1.29, 1.82) is 0 Å². The van der Waals surface area contributed by atoms with Gasteiger partial charge in [0.15, 0.2) is 5.78 Å². The Balaban J connectivity index is 2.17. The van der Waals surface area contributed by atoms with Crippen molar-refractivity contribution in [3.05, 3.63) is 53.9 Å². The highest BCUT2D eigenvalue weighted by molar-refractivity contribution is 5.89. The quantitative estimate of drug-likeness (QED) is 0.637. The first-order valence-electron chi connectivity index (χ1n) is 5.10. The molecule has 1 aromatic carbocycles. The molecule has 2 aliphatic rings. The molecule has 0 aliphatic carbocycles. The van der Waals surface area contributed by atoms with Gasteiger partial charge in [-0.25, -0.2) is 0 Å². The van der Waals surface area contributed by atoms with Gasteiger partial charge in [0, 0.05) is 18.8 Å². The zero-order chi connectivity index (χ0) is 10.3. The molecule has 2 heteroatoms. The van der Waals surface area contributed by atoms with Crippen LogP contribution in [0.15, 0.2) is 42.7 Å². The molecule has 0 radical (unpaired) electrons. The number of ketones is 1. The molecule has 0 saturated carbocycles. The Kier molecular flexibility index (Phi) is 1.75. The van der Waals surface area contributed by atoms with Crippen LogP contribution in [0.5, 0.6) is 0 Å². The van der Waals surface area contributed by atoms with Gasteiger partial charge in [0.25, 0.3) is 0 Å². The fraction of sp³-hybridized carbons (Fsp3) is 0.154. The molecule has 74 valence electrons. The number of rotatable bonds is 0. The normalized spacial score (nSPS) is 22.5. The van der Waals surface area contributed by atoms with Gasteiger partial charge in [-0.3, -0.25) is 4.79 Å². The van der Waals surface area contributed by atoms with Gasteiger partial charge in [0.05, 0.1) is 0 Å². The molecule has 0 amide bonds. The van der Waals surface area contributed by atoms with Crippen molar-refractivity contribution in [2.75, 3.05) is 0 Å². The standard InChI is InChI=1S/C13H11NO/c15-12-6-3-8-14-9-7-10-4-1-2-5-11(10)13(12)14/h1-5,7-9,13H,6H2. The third-order valence-corrected chi connectivity index (χ3v) is 2.92. The van der Waals surface area contributed by atoms with E-state index in [1.54, 1.807) is 0 Å². The fourth-order valence-electron chi connectivity index (χ4n) is 2.20. The Bertz CT molecular complexity index is 473. The lowest BCUT2D eigenvalue weighted by Crippen LogP contribution is -2.31. The summed E-state index contributed by atoms with van der Waals surface area (Å²) in [6, 6.07) is 7.97. The number of benzene rings is 1. The lowest BCUT2D eigenvalue weighted by atomic mass is 9.91. The zero-order valence-electron chi connectivity index (χ0n) is 8.26. The summed E-state index contributed by atoms with van der Waals surface area (Å²) < 4.78 is 0. The minimum atomic E-state index is -0.101. The molecule has 0 fully saturated rings. The number of hydrogen-bond acceptors (Lipinski definition) is 2. The van der Waals surface area contributed by atoms with Crippen molar-refractivity contribution in [3.63, 3.8) is 0 Å². The first-order valence-corrected chi connectivity index (χ1v) is 5.10. The summed E-state index contributed by atoms with van der Waals surface area (Å²) in [5.74, 6) is 0.273. The summed E-state index contributed by atoms with van der Waals surface area (Å²) in [5.41, 5.74) is 2.27. The molecule has 0 saturated heterocycles. The number of hydrogen-bond donors (Lipinski definition) is 0. The molecule has 3 rings (SSSR count). The van der Waals surface area contributed by atoms with Crippen LogP contribution in [0.1, 0.15) is 23.6 Å². The lowest BCUT2D eigenvalue weighted by Gasteiger charge is -2.33. The average Bonchev–Trinajstić information content (AvgIpc) is 2.29. The number of nitrogens with zero attached hydrogens (tertiary/aromatic N) is 1. The van der Waals surface area contributed by atoms with Crippen molar-refractivity contribution in [3.8, 4) is 0 Å². The summed E-state index contributed by atoms with van der Waals surface area (Å²) in [4.78, 5) is 13.8. The van der Waals surface area contributed by atoms with Crippen LogP contribution in [0.3, 0.4) is 0 Å². The molecular formula is C13H11NO. The molecule has 1 atom stereocenters. The summed E-state index contributed by atoms with van der Waals surface area (Å²) in [6.07, 6.45) is 8.47. The Morgan fingerprint density at radius 2 is 2.07 bits per heavy atom. The van der Waals surface area contributed by atoms with Gasteiger partial charge < -0.3 is 4.90 Å². The molecule has 2 aliphatic heterocycles. The van der Waals surface area contributed by atoms with Crippen LogP contribution < -0.4 is 0 Å². The third-order valence-electron chi connectivity index (χ3n) is 2.92. The minimum absolute atomic E-state index is 0.101. The molecule has 1 aromatic rings. The summed E-state index contributed by atoms with van der Waals surface area (Å²) in [5, 5.41) is 0. The number of fused-ring (bicyclic) bond motifs is 3. The maximum Gasteiger partial charge on any atom is 0.163 e. The molecule has 0 spiro atoms. The van der Waals surface area contributed by atoms with Crippen molar-refractivity contribution < 1.29 is 4.79 Å². The Morgan fingerprint density at radius 3 is 3.00 bits per heavy atom. The first kappa shape index (κ1) is 8.48. The van der Waals surface area contributed by atoms with Gasteiger partial charge in [-0.15, -0.1) is 0 Å². The molecule has 15 heavy (non-hydrogen) atoms. The number of carbonyl (C=O) groups excluding carboxylic acids is 1. The second-order valence-electron chi connectivity index (χ2n) is 3.85. The van der Waals surface area contributed by atoms with E-state index in [9.17, 15) is 4.79 Å². The lowest BCUT2D eigenvalue weighted by molar-refractivity contribution is -0.122. The molecule has 2 heterocycles. The van der Waals surface area contributed by atoms with E-state index in [2.05, 4.69) is 12.1 Å². The van der Waals surface area contributed by atoms with Gasteiger partial charge in [-0.05, 0) is 17.2 Å². The second kappa shape index (κ2) is 3.09. The molecule has 2 nitrogen and oxygen atoms in total. The van der Waals surface area contributed by atoms with Gasteiger partial charge >= 0.3 is 0 Å². The Labute approximate surface area is 88.5 Å². The molecule has 1 unspecified atom stereocenters. The van der Waals surface area contributed by atoms with E-state index in [0.717, 1.165) is 11.1 Å². The maximum absolute atomic E-state index is 11.9. The van der Waals surface area contributed by atoms with Crippen molar-refractivity contribution in [2.24, 2.45) is 0 Å². The van der Waals surface area contributed by atoms with Crippen LogP contribution in [0.4, 0.5) is 0 Å². The Hall–Kier alpha value is -1.83. The third kappa shape index (κ3) is 1.22. The molecule has 0 aromatic heterocycles. The van der Waals surface area contributed by atoms with E-state index in [0.29, 0.717) is 6.42 Å². The van der Waals surface area contributed by atoms with Crippen molar-refractivity contribution in [1.82, 2.24) is 4.90 Å². The smallest absolute Gasteiger partial charge is 0.163 e. The van der Waals surface area contributed by atoms with Crippen molar-refractivity contribution in [2.45, 2.75) is 12.5 Å². The van der Waals surface area contributed by atoms with E-state index in [1.165, 1.54) is 0 Å². The zero-order valence-corrected chi connectivity index (χ0v) is 8.26. The summed E-state index contributed by atoms with van der Waals surface area (Å²) >= 11 is 0. The van der Waals surface area contributed by atoms with Gasteiger partial charge in [-0.2, -0.15) is 0 Å². The largest absolute Gasteiger partial charge is 0.340 e.